The van der Waals surface area contributed by atoms with E-state index in [1.807, 2.05) is 0 Å². The maximum Gasteiger partial charge on any atom is 0.191 e. The van der Waals surface area contributed by atoms with Crippen molar-refractivity contribution in [2.24, 2.45) is 10.9 Å². The van der Waals surface area contributed by atoms with Gasteiger partial charge in [0.25, 0.3) is 0 Å². The second-order valence-electron chi connectivity index (χ2n) is 6.51. The fraction of sp³-hybridized carbons (Fsp3) is 0.789. The van der Waals surface area contributed by atoms with E-state index in [-0.39, 0.29) is 0 Å². The lowest BCUT2D eigenvalue weighted by Gasteiger charge is -2.21. The Morgan fingerprint density at radius 2 is 2.19 bits per heavy atom. The van der Waals surface area contributed by atoms with Gasteiger partial charge in [-0.25, -0.2) is 4.98 Å². The number of hydrogen-bond acceptors (Lipinski definition) is 5. The number of rotatable bonds is 11. The van der Waals surface area contributed by atoms with Gasteiger partial charge in [-0.1, -0.05) is 6.92 Å². The molecule has 0 aromatic carbocycles. The topological polar surface area (TPSA) is 67.8 Å². The molecule has 1 fully saturated rings. The van der Waals surface area contributed by atoms with Crippen molar-refractivity contribution < 1.29 is 9.47 Å². The molecule has 148 valence electrons. The molecule has 0 aliphatic carbocycles. The molecule has 0 radical (unpaired) electrons. The predicted octanol–water partition coefficient (Wildman–Crippen LogP) is 2.64. The highest BCUT2D eigenvalue weighted by Crippen LogP contribution is 2.14. The molecule has 0 atom stereocenters. The van der Waals surface area contributed by atoms with E-state index < -0.39 is 0 Å². The third-order valence-corrected chi connectivity index (χ3v) is 5.37. The largest absolute Gasteiger partial charge is 0.381 e. The summed E-state index contributed by atoms with van der Waals surface area (Å²) in [6, 6.07) is 0. The van der Waals surface area contributed by atoms with Crippen molar-refractivity contribution in [3.05, 3.63) is 16.1 Å². The van der Waals surface area contributed by atoms with Crippen LogP contribution in [0.4, 0.5) is 0 Å². The van der Waals surface area contributed by atoms with Gasteiger partial charge in [-0.15, -0.1) is 11.3 Å². The number of ether oxygens (including phenoxy) is 2. The predicted molar refractivity (Wildman–Crippen MR) is 108 cm³/mol. The number of thiazole rings is 1. The van der Waals surface area contributed by atoms with Crippen LogP contribution in [0.1, 0.15) is 43.8 Å². The first-order valence-corrected chi connectivity index (χ1v) is 10.8. The van der Waals surface area contributed by atoms with E-state index in [0.29, 0.717) is 5.92 Å². The van der Waals surface area contributed by atoms with Crippen LogP contribution in [0.15, 0.2) is 10.4 Å². The monoisotopic (exact) mass is 382 g/mol. The van der Waals surface area contributed by atoms with Crippen LogP contribution in [0.2, 0.25) is 0 Å². The van der Waals surface area contributed by atoms with Crippen molar-refractivity contribution >= 4 is 17.3 Å². The van der Waals surface area contributed by atoms with Crippen LogP contribution in [0.25, 0.3) is 0 Å². The zero-order valence-electron chi connectivity index (χ0n) is 16.3. The van der Waals surface area contributed by atoms with Gasteiger partial charge >= 0.3 is 0 Å². The first-order valence-electron chi connectivity index (χ1n) is 9.92. The number of aryl methyl sites for hydroxylation is 1. The molecule has 1 aliphatic rings. The third-order valence-electron chi connectivity index (χ3n) is 4.33. The summed E-state index contributed by atoms with van der Waals surface area (Å²) in [6.45, 7) is 10.1. The molecule has 2 rings (SSSR count). The van der Waals surface area contributed by atoms with Crippen molar-refractivity contribution in [2.45, 2.75) is 46.0 Å². The summed E-state index contributed by atoms with van der Waals surface area (Å²) in [6.07, 6.45) is 5.15. The van der Waals surface area contributed by atoms with Gasteiger partial charge in [-0.3, -0.25) is 4.99 Å². The minimum Gasteiger partial charge on any atom is -0.381 e. The summed E-state index contributed by atoms with van der Waals surface area (Å²) in [4.78, 5) is 9.23. The molecule has 1 aromatic heterocycles. The third kappa shape index (κ3) is 8.47. The number of nitrogens with zero attached hydrogens (tertiary/aromatic N) is 2. The first-order chi connectivity index (χ1) is 12.8. The molecule has 1 aliphatic heterocycles. The smallest absolute Gasteiger partial charge is 0.191 e. The quantitative estimate of drug-likeness (QED) is 0.350. The van der Waals surface area contributed by atoms with Gasteiger partial charge in [0.15, 0.2) is 5.96 Å². The highest BCUT2D eigenvalue weighted by Gasteiger charge is 2.13. The van der Waals surface area contributed by atoms with E-state index in [1.54, 1.807) is 11.3 Å². The fourth-order valence-electron chi connectivity index (χ4n) is 2.80. The van der Waals surface area contributed by atoms with Crippen molar-refractivity contribution in [3.63, 3.8) is 0 Å². The molecule has 2 N–H and O–H groups in total. The summed E-state index contributed by atoms with van der Waals surface area (Å²) >= 11 is 1.74. The van der Waals surface area contributed by atoms with Crippen LogP contribution in [-0.2, 0) is 22.3 Å². The van der Waals surface area contributed by atoms with Crippen LogP contribution in [-0.4, -0.2) is 57.0 Å². The average molecular weight is 383 g/mol. The van der Waals surface area contributed by atoms with E-state index in [4.69, 9.17) is 9.47 Å². The van der Waals surface area contributed by atoms with Crippen LogP contribution in [0, 0.1) is 5.92 Å². The van der Waals surface area contributed by atoms with Crippen molar-refractivity contribution in [1.82, 2.24) is 15.6 Å². The Kier molecular flexibility index (Phi) is 10.6. The number of aliphatic imine (C=N–C) groups is 1. The number of hydrogen-bond donors (Lipinski definition) is 2. The standard InChI is InChI=1S/C19H34N4O2S/c1-3-18-23-17(15-26-18)6-10-22-19(20-4-2)21-9-5-11-25-14-16-7-12-24-13-8-16/h15-16H,3-14H2,1-2H3,(H2,20,21,22). The first kappa shape index (κ1) is 21.1. The van der Waals surface area contributed by atoms with Gasteiger partial charge in [0, 0.05) is 57.9 Å². The Balaban J connectivity index is 1.57. The van der Waals surface area contributed by atoms with Gasteiger partial charge in [0.05, 0.1) is 10.7 Å². The zero-order valence-corrected chi connectivity index (χ0v) is 17.1. The zero-order chi connectivity index (χ0) is 18.5. The van der Waals surface area contributed by atoms with E-state index in [0.717, 1.165) is 89.8 Å². The summed E-state index contributed by atoms with van der Waals surface area (Å²) in [5, 5.41) is 10.0. The molecule has 0 saturated carbocycles. The lowest BCUT2D eigenvalue weighted by molar-refractivity contribution is 0.0205. The van der Waals surface area contributed by atoms with Crippen molar-refractivity contribution in [2.75, 3.05) is 46.1 Å². The molecule has 1 aromatic rings. The maximum absolute atomic E-state index is 5.79. The Morgan fingerprint density at radius 3 is 2.92 bits per heavy atom. The second-order valence-corrected chi connectivity index (χ2v) is 7.45. The molecule has 1 saturated heterocycles. The second kappa shape index (κ2) is 13.1. The average Bonchev–Trinajstić information content (AvgIpc) is 3.13. The van der Waals surface area contributed by atoms with Gasteiger partial charge in [0.1, 0.15) is 0 Å². The Bertz CT molecular complexity index is 515. The van der Waals surface area contributed by atoms with Gasteiger partial charge in [0.2, 0.25) is 0 Å². The maximum atomic E-state index is 5.79. The minimum absolute atomic E-state index is 0.671. The van der Waals surface area contributed by atoms with E-state index in [9.17, 15) is 0 Å². The lowest BCUT2D eigenvalue weighted by atomic mass is 10.0. The van der Waals surface area contributed by atoms with Crippen molar-refractivity contribution in [3.8, 4) is 0 Å². The summed E-state index contributed by atoms with van der Waals surface area (Å²) in [5.41, 5.74) is 1.16. The van der Waals surface area contributed by atoms with E-state index in [2.05, 4.69) is 39.8 Å². The minimum atomic E-state index is 0.671. The summed E-state index contributed by atoms with van der Waals surface area (Å²) in [7, 11) is 0. The highest BCUT2D eigenvalue weighted by molar-refractivity contribution is 7.09. The molecule has 2 heterocycles. The molecular formula is C19H34N4O2S. The molecule has 0 bridgehead atoms. The summed E-state index contributed by atoms with van der Waals surface area (Å²) < 4.78 is 11.2. The Morgan fingerprint density at radius 1 is 1.35 bits per heavy atom. The molecule has 26 heavy (non-hydrogen) atoms. The van der Waals surface area contributed by atoms with Crippen LogP contribution in [0.3, 0.4) is 0 Å². The number of guanidine groups is 1. The number of aromatic nitrogens is 1. The van der Waals surface area contributed by atoms with Crippen LogP contribution in [0.5, 0.6) is 0 Å². The van der Waals surface area contributed by atoms with Crippen molar-refractivity contribution in [1.29, 1.82) is 0 Å². The molecule has 0 unspecified atom stereocenters. The van der Waals surface area contributed by atoms with Gasteiger partial charge in [-0.2, -0.15) is 0 Å². The molecular weight excluding hydrogens is 348 g/mol. The summed E-state index contributed by atoms with van der Waals surface area (Å²) in [5.74, 6) is 1.55. The highest BCUT2D eigenvalue weighted by atomic mass is 32.1. The van der Waals surface area contributed by atoms with Crippen LogP contribution >= 0.6 is 11.3 Å². The van der Waals surface area contributed by atoms with Gasteiger partial charge in [-0.05, 0) is 38.5 Å². The number of nitrogens with one attached hydrogen (secondary N) is 2. The Labute approximate surface area is 161 Å². The molecule has 6 nitrogen and oxygen atoms in total. The lowest BCUT2D eigenvalue weighted by Crippen LogP contribution is -2.38. The SMILES string of the molecule is CCNC(=NCCCOCC1CCOCC1)NCCc1csc(CC)n1. The van der Waals surface area contributed by atoms with Crippen LogP contribution < -0.4 is 10.6 Å². The molecule has 0 amide bonds. The van der Waals surface area contributed by atoms with E-state index >= 15 is 0 Å². The molecule has 0 spiro atoms. The van der Waals surface area contributed by atoms with Gasteiger partial charge < -0.3 is 20.1 Å². The van der Waals surface area contributed by atoms with E-state index in [1.165, 1.54) is 5.01 Å². The fourth-order valence-corrected chi connectivity index (χ4v) is 3.58. The Hall–Kier alpha value is -1.18. The molecule has 7 heteroatoms. The normalized spacial score (nSPS) is 16.0.